The Kier molecular flexibility index (Phi) is 3.99. The number of anilines is 2. The van der Waals surface area contributed by atoms with Crippen molar-refractivity contribution in [2.45, 2.75) is 6.92 Å². The monoisotopic (exact) mass is 275 g/mol. The van der Waals surface area contributed by atoms with Crippen LogP contribution in [-0.2, 0) is 9.59 Å². The van der Waals surface area contributed by atoms with E-state index < -0.39 is 11.8 Å². The Labute approximate surface area is 114 Å². The van der Waals surface area contributed by atoms with Crippen LogP contribution in [0.4, 0.5) is 11.5 Å². The molecule has 2 rings (SSSR count). The quantitative estimate of drug-likeness (QED) is 0.829. The van der Waals surface area contributed by atoms with Crippen molar-refractivity contribution in [3.05, 3.63) is 36.1 Å². The number of benzene rings is 1. The minimum atomic E-state index is -0.825. The zero-order valence-corrected chi connectivity index (χ0v) is 11.0. The van der Waals surface area contributed by atoms with Crippen molar-refractivity contribution >= 4 is 23.3 Å². The summed E-state index contributed by atoms with van der Waals surface area (Å²) in [7, 11) is 1.54. The van der Waals surface area contributed by atoms with Crippen molar-refractivity contribution in [2.24, 2.45) is 0 Å². The van der Waals surface area contributed by atoms with Crippen LogP contribution in [0.1, 0.15) is 5.76 Å². The highest BCUT2D eigenvalue weighted by atomic mass is 16.5. The number of amides is 2. The van der Waals surface area contributed by atoms with Crippen LogP contribution < -0.4 is 15.4 Å². The molecule has 1 aromatic heterocycles. The number of carbonyl (C=O) groups is 2. The topological polar surface area (TPSA) is 93.5 Å². The molecule has 0 atom stereocenters. The normalized spacial score (nSPS) is 9.90. The van der Waals surface area contributed by atoms with E-state index in [2.05, 4.69) is 15.8 Å². The minimum Gasteiger partial charge on any atom is -0.497 e. The number of methoxy groups -OCH3 is 1. The van der Waals surface area contributed by atoms with Gasteiger partial charge in [0.15, 0.2) is 5.82 Å². The fourth-order valence-electron chi connectivity index (χ4n) is 1.46. The van der Waals surface area contributed by atoms with Crippen LogP contribution in [0.2, 0.25) is 0 Å². The van der Waals surface area contributed by atoms with Gasteiger partial charge in [0.05, 0.1) is 7.11 Å². The van der Waals surface area contributed by atoms with Gasteiger partial charge in [0.1, 0.15) is 11.5 Å². The van der Waals surface area contributed by atoms with Gasteiger partial charge in [0.25, 0.3) is 0 Å². The van der Waals surface area contributed by atoms with E-state index in [4.69, 9.17) is 9.26 Å². The van der Waals surface area contributed by atoms with Crippen molar-refractivity contribution in [1.82, 2.24) is 5.16 Å². The molecule has 0 aliphatic rings. The maximum Gasteiger partial charge on any atom is 0.315 e. The predicted octanol–water partition coefficient (Wildman–Crippen LogP) is 1.57. The molecule has 0 unspecified atom stereocenters. The number of nitrogens with one attached hydrogen (secondary N) is 2. The standard InChI is InChI=1S/C13H13N3O4/c1-8-7-11(16-20-8)15-13(18)12(17)14-9-3-5-10(19-2)6-4-9/h3-7H,1-2H3,(H,14,17)(H,15,16,18). The summed E-state index contributed by atoms with van der Waals surface area (Å²) in [5, 5.41) is 8.34. The third-order valence-corrected chi connectivity index (χ3v) is 2.42. The maximum atomic E-state index is 11.7. The van der Waals surface area contributed by atoms with Crippen molar-refractivity contribution in [3.63, 3.8) is 0 Å². The summed E-state index contributed by atoms with van der Waals surface area (Å²) in [6.07, 6.45) is 0. The van der Waals surface area contributed by atoms with Gasteiger partial charge in [-0.15, -0.1) is 0 Å². The van der Waals surface area contributed by atoms with Crippen LogP contribution in [0.5, 0.6) is 5.75 Å². The molecule has 2 amide bonds. The summed E-state index contributed by atoms with van der Waals surface area (Å²) in [5.74, 6) is -0.233. The van der Waals surface area contributed by atoms with E-state index in [1.165, 1.54) is 6.07 Å². The molecule has 0 aliphatic heterocycles. The number of aromatic nitrogens is 1. The van der Waals surface area contributed by atoms with Gasteiger partial charge in [-0.3, -0.25) is 14.9 Å². The smallest absolute Gasteiger partial charge is 0.315 e. The lowest BCUT2D eigenvalue weighted by molar-refractivity contribution is -0.133. The van der Waals surface area contributed by atoms with Gasteiger partial charge in [0.2, 0.25) is 0 Å². The summed E-state index contributed by atoms with van der Waals surface area (Å²) in [4.78, 5) is 23.3. The second-order valence-electron chi connectivity index (χ2n) is 3.96. The Balaban J connectivity index is 1.94. The van der Waals surface area contributed by atoms with Crippen molar-refractivity contribution in [2.75, 3.05) is 17.7 Å². The van der Waals surface area contributed by atoms with E-state index in [1.807, 2.05) is 0 Å². The molecule has 0 bridgehead atoms. The second-order valence-corrected chi connectivity index (χ2v) is 3.96. The molecule has 20 heavy (non-hydrogen) atoms. The van der Waals surface area contributed by atoms with Gasteiger partial charge in [0, 0.05) is 11.8 Å². The first kappa shape index (κ1) is 13.6. The molecule has 7 nitrogen and oxygen atoms in total. The molecule has 0 saturated carbocycles. The molecule has 0 fully saturated rings. The Morgan fingerprint density at radius 3 is 2.35 bits per heavy atom. The molecule has 0 spiro atoms. The fraction of sp³-hybridized carbons (Fsp3) is 0.154. The number of rotatable bonds is 3. The molecule has 7 heteroatoms. The maximum absolute atomic E-state index is 11.7. The van der Waals surface area contributed by atoms with Crippen LogP contribution in [0.3, 0.4) is 0 Å². The molecule has 104 valence electrons. The summed E-state index contributed by atoms with van der Waals surface area (Å²) < 4.78 is 9.77. The highest BCUT2D eigenvalue weighted by Gasteiger charge is 2.15. The highest BCUT2D eigenvalue weighted by molar-refractivity contribution is 6.43. The van der Waals surface area contributed by atoms with Gasteiger partial charge in [-0.2, -0.15) is 0 Å². The van der Waals surface area contributed by atoms with E-state index >= 15 is 0 Å². The third kappa shape index (κ3) is 3.35. The van der Waals surface area contributed by atoms with Crippen molar-refractivity contribution in [1.29, 1.82) is 0 Å². The minimum absolute atomic E-state index is 0.192. The van der Waals surface area contributed by atoms with Crippen LogP contribution in [0, 0.1) is 6.92 Å². The Bertz CT molecular complexity index is 619. The summed E-state index contributed by atoms with van der Waals surface area (Å²) in [6.45, 7) is 1.68. The number of hydrogen-bond acceptors (Lipinski definition) is 5. The number of carbonyl (C=O) groups excluding carboxylic acids is 2. The number of nitrogens with zero attached hydrogens (tertiary/aromatic N) is 1. The van der Waals surface area contributed by atoms with Gasteiger partial charge in [-0.05, 0) is 31.2 Å². The molecule has 0 aliphatic carbocycles. The van der Waals surface area contributed by atoms with Gasteiger partial charge in [-0.25, -0.2) is 0 Å². The molecule has 2 aromatic rings. The van der Waals surface area contributed by atoms with E-state index in [0.29, 0.717) is 17.2 Å². The SMILES string of the molecule is COc1ccc(NC(=O)C(=O)Nc2cc(C)on2)cc1. The first-order valence-corrected chi connectivity index (χ1v) is 5.78. The lowest BCUT2D eigenvalue weighted by Gasteiger charge is -2.05. The van der Waals surface area contributed by atoms with Gasteiger partial charge < -0.3 is 14.6 Å². The molecular weight excluding hydrogens is 262 g/mol. The molecule has 1 aromatic carbocycles. The number of hydrogen-bond donors (Lipinski definition) is 2. The summed E-state index contributed by atoms with van der Waals surface area (Å²) >= 11 is 0. The van der Waals surface area contributed by atoms with Gasteiger partial charge in [-0.1, -0.05) is 5.16 Å². The fourth-order valence-corrected chi connectivity index (χ4v) is 1.46. The van der Waals surface area contributed by atoms with Gasteiger partial charge >= 0.3 is 11.8 Å². The van der Waals surface area contributed by atoms with Crippen molar-refractivity contribution < 1.29 is 18.8 Å². The van der Waals surface area contributed by atoms with Crippen LogP contribution in [-0.4, -0.2) is 24.1 Å². The largest absolute Gasteiger partial charge is 0.497 e. The molecular formula is C13H13N3O4. The van der Waals surface area contributed by atoms with E-state index in [0.717, 1.165) is 0 Å². The zero-order valence-electron chi connectivity index (χ0n) is 11.0. The Morgan fingerprint density at radius 1 is 1.15 bits per heavy atom. The third-order valence-electron chi connectivity index (χ3n) is 2.42. The van der Waals surface area contributed by atoms with Crippen LogP contribution in [0.25, 0.3) is 0 Å². The Morgan fingerprint density at radius 2 is 1.80 bits per heavy atom. The molecule has 0 radical (unpaired) electrons. The predicted molar refractivity (Wildman–Crippen MR) is 71.5 cm³/mol. The number of ether oxygens (including phenoxy) is 1. The van der Waals surface area contributed by atoms with Crippen LogP contribution >= 0.6 is 0 Å². The summed E-state index contributed by atoms with van der Waals surface area (Å²) in [5.41, 5.74) is 0.488. The molecule has 0 saturated heterocycles. The zero-order chi connectivity index (χ0) is 14.5. The first-order valence-electron chi connectivity index (χ1n) is 5.78. The molecule has 1 heterocycles. The lowest BCUT2D eigenvalue weighted by Crippen LogP contribution is -2.29. The van der Waals surface area contributed by atoms with E-state index in [-0.39, 0.29) is 5.82 Å². The summed E-state index contributed by atoms with van der Waals surface area (Å²) in [6, 6.07) is 8.12. The van der Waals surface area contributed by atoms with Crippen LogP contribution in [0.15, 0.2) is 34.9 Å². The lowest BCUT2D eigenvalue weighted by atomic mass is 10.3. The molecule has 2 N–H and O–H groups in total. The average Bonchev–Trinajstić information content (AvgIpc) is 2.85. The highest BCUT2D eigenvalue weighted by Crippen LogP contribution is 2.15. The van der Waals surface area contributed by atoms with Crippen molar-refractivity contribution in [3.8, 4) is 5.75 Å². The average molecular weight is 275 g/mol. The van der Waals surface area contributed by atoms with E-state index in [9.17, 15) is 9.59 Å². The number of aryl methyl sites for hydroxylation is 1. The van der Waals surface area contributed by atoms with E-state index in [1.54, 1.807) is 38.3 Å². The first-order chi connectivity index (χ1) is 9.58. The second kappa shape index (κ2) is 5.87. The Hall–Kier alpha value is -2.83.